The third kappa shape index (κ3) is 4.89. The molecule has 6 nitrogen and oxygen atoms in total. The van der Waals surface area contributed by atoms with Crippen molar-refractivity contribution in [2.75, 3.05) is 46.5 Å². The summed E-state index contributed by atoms with van der Waals surface area (Å²) in [5.74, 6) is 0. The zero-order valence-corrected chi connectivity index (χ0v) is 10.7. The number of rotatable bonds is 6. The molecule has 1 fully saturated rings. The molecule has 1 rings (SSSR count). The van der Waals surface area contributed by atoms with Gasteiger partial charge in [-0.05, 0) is 6.42 Å². The number of ether oxygens (including phenoxy) is 2. The van der Waals surface area contributed by atoms with Gasteiger partial charge in [0.15, 0.2) is 0 Å². The Kier molecular flexibility index (Phi) is 6.25. The van der Waals surface area contributed by atoms with Crippen LogP contribution in [0, 0.1) is 0 Å². The van der Waals surface area contributed by atoms with E-state index in [1.54, 1.807) is 7.11 Å². The van der Waals surface area contributed by atoms with Crippen LogP contribution in [0.5, 0.6) is 0 Å². The maximum Gasteiger partial charge on any atom is 0.314 e. The molecule has 0 aromatic rings. The summed E-state index contributed by atoms with van der Waals surface area (Å²) in [6.45, 7) is 5.97. The lowest BCUT2D eigenvalue weighted by atomic mass is 9.99. The molecular formula is C11H23N3O3. The Morgan fingerprint density at radius 2 is 2.35 bits per heavy atom. The van der Waals surface area contributed by atoms with Gasteiger partial charge in [-0.15, -0.1) is 0 Å². The summed E-state index contributed by atoms with van der Waals surface area (Å²) in [4.78, 5) is 11.5. The van der Waals surface area contributed by atoms with Crippen LogP contribution in [-0.4, -0.2) is 58.1 Å². The van der Waals surface area contributed by atoms with Gasteiger partial charge in [-0.1, -0.05) is 6.92 Å². The van der Waals surface area contributed by atoms with Crippen LogP contribution < -0.4 is 16.0 Å². The lowest BCUT2D eigenvalue weighted by Crippen LogP contribution is -2.56. The molecule has 2 amide bonds. The van der Waals surface area contributed by atoms with E-state index in [-0.39, 0.29) is 11.6 Å². The predicted molar refractivity (Wildman–Crippen MR) is 65.1 cm³/mol. The lowest BCUT2D eigenvalue weighted by molar-refractivity contribution is -0.0647. The maximum absolute atomic E-state index is 11.5. The van der Waals surface area contributed by atoms with E-state index < -0.39 is 0 Å². The Bertz CT molecular complexity index is 230. The van der Waals surface area contributed by atoms with Gasteiger partial charge in [0.25, 0.3) is 0 Å². The normalized spacial score (nSPS) is 24.4. The van der Waals surface area contributed by atoms with Crippen LogP contribution in [0.25, 0.3) is 0 Å². The maximum atomic E-state index is 11.5. The van der Waals surface area contributed by atoms with E-state index in [9.17, 15) is 4.79 Å². The number of morpholine rings is 1. The summed E-state index contributed by atoms with van der Waals surface area (Å²) in [6, 6.07) is -0.177. The zero-order chi connectivity index (χ0) is 12.6. The number of nitrogens with one attached hydrogen (secondary N) is 3. The largest absolute Gasteiger partial charge is 0.383 e. The van der Waals surface area contributed by atoms with Gasteiger partial charge in [0.05, 0.1) is 18.8 Å². The smallest absolute Gasteiger partial charge is 0.314 e. The highest BCUT2D eigenvalue weighted by atomic mass is 16.5. The van der Waals surface area contributed by atoms with E-state index in [1.165, 1.54) is 0 Å². The van der Waals surface area contributed by atoms with Crippen molar-refractivity contribution < 1.29 is 14.3 Å². The fraction of sp³-hybridized carbons (Fsp3) is 0.909. The van der Waals surface area contributed by atoms with Gasteiger partial charge in [-0.3, -0.25) is 0 Å². The first kappa shape index (κ1) is 14.2. The van der Waals surface area contributed by atoms with Crippen molar-refractivity contribution in [2.45, 2.75) is 18.9 Å². The van der Waals surface area contributed by atoms with Gasteiger partial charge < -0.3 is 25.4 Å². The monoisotopic (exact) mass is 245 g/mol. The van der Waals surface area contributed by atoms with Crippen molar-refractivity contribution in [2.24, 2.45) is 0 Å². The van der Waals surface area contributed by atoms with Crippen LogP contribution in [0.1, 0.15) is 13.3 Å². The highest BCUT2D eigenvalue weighted by Crippen LogP contribution is 2.16. The van der Waals surface area contributed by atoms with Gasteiger partial charge in [0.1, 0.15) is 0 Å². The molecule has 1 aliphatic rings. The second kappa shape index (κ2) is 7.47. The highest BCUT2D eigenvalue weighted by Gasteiger charge is 2.31. The number of carbonyl (C=O) groups is 1. The molecule has 0 spiro atoms. The number of amides is 2. The summed E-state index contributed by atoms with van der Waals surface area (Å²) in [6.07, 6.45) is 0.873. The highest BCUT2D eigenvalue weighted by molar-refractivity contribution is 5.73. The molecule has 1 aliphatic heterocycles. The Hall–Kier alpha value is -0.850. The first-order valence-electron chi connectivity index (χ1n) is 6.08. The molecule has 0 aliphatic carbocycles. The molecule has 0 bridgehead atoms. The summed E-state index contributed by atoms with van der Waals surface area (Å²) in [5.41, 5.74) is -0.267. The van der Waals surface area contributed by atoms with Crippen LogP contribution in [0.3, 0.4) is 0 Å². The Labute approximate surface area is 102 Å². The molecular weight excluding hydrogens is 222 g/mol. The van der Waals surface area contributed by atoms with E-state index in [1.807, 2.05) is 0 Å². The summed E-state index contributed by atoms with van der Waals surface area (Å²) in [5, 5.41) is 8.83. The van der Waals surface area contributed by atoms with Crippen LogP contribution in [0.2, 0.25) is 0 Å². The number of hydrogen-bond donors (Lipinski definition) is 3. The number of hydrogen-bond acceptors (Lipinski definition) is 4. The van der Waals surface area contributed by atoms with E-state index >= 15 is 0 Å². The molecule has 0 aromatic carbocycles. The first-order valence-corrected chi connectivity index (χ1v) is 6.08. The van der Waals surface area contributed by atoms with Gasteiger partial charge in [0, 0.05) is 33.3 Å². The molecule has 6 heteroatoms. The molecule has 1 heterocycles. The number of methoxy groups -OCH3 is 1. The third-order valence-electron chi connectivity index (χ3n) is 2.94. The van der Waals surface area contributed by atoms with Gasteiger partial charge in [-0.25, -0.2) is 4.79 Å². The van der Waals surface area contributed by atoms with Gasteiger partial charge in [-0.2, -0.15) is 0 Å². The molecule has 0 radical (unpaired) electrons. The fourth-order valence-electron chi connectivity index (χ4n) is 1.74. The minimum Gasteiger partial charge on any atom is -0.383 e. The summed E-state index contributed by atoms with van der Waals surface area (Å²) < 4.78 is 10.6. The second-order valence-corrected chi connectivity index (χ2v) is 4.16. The van der Waals surface area contributed by atoms with E-state index in [0.717, 1.165) is 19.5 Å². The van der Waals surface area contributed by atoms with Crippen LogP contribution in [0.4, 0.5) is 4.79 Å². The summed E-state index contributed by atoms with van der Waals surface area (Å²) in [7, 11) is 1.60. The molecule has 1 saturated heterocycles. The topological polar surface area (TPSA) is 71.6 Å². The van der Waals surface area contributed by atoms with Crippen LogP contribution >= 0.6 is 0 Å². The van der Waals surface area contributed by atoms with Crippen molar-refractivity contribution in [1.29, 1.82) is 0 Å². The third-order valence-corrected chi connectivity index (χ3v) is 2.94. The molecule has 3 N–H and O–H groups in total. The molecule has 1 unspecified atom stereocenters. The predicted octanol–water partition coefficient (Wildman–Crippen LogP) is -0.299. The van der Waals surface area contributed by atoms with E-state index in [0.29, 0.717) is 26.3 Å². The lowest BCUT2D eigenvalue weighted by Gasteiger charge is -2.37. The van der Waals surface area contributed by atoms with E-state index in [4.69, 9.17) is 9.47 Å². The van der Waals surface area contributed by atoms with Crippen molar-refractivity contribution in [3.63, 3.8) is 0 Å². The van der Waals surface area contributed by atoms with Crippen molar-refractivity contribution in [3.8, 4) is 0 Å². The quantitative estimate of drug-likeness (QED) is 0.562. The minimum atomic E-state index is -0.267. The van der Waals surface area contributed by atoms with Gasteiger partial charge in [0.2, 0.25) is 0 Å². The minimum absolute atomic E-state index is 0.177. The van der Waals surface area contributed by atoms with Crippen molar-refractivity contribution >= 4 is 6.03 Å². The number of carbonyl (C=O) groups excluding carboxylic acids is 1. The molecule has 100 valence electrons. The van der Waals surface area contributed by atoms with Crippen LogP contribution in [-0.2, 0) is 9.47 Å². The molecule has 0 aromatic heterocycles. The molecule has 1 atom stereocenters. The van der Waals surface area contributed by atoms with Crippen molar-refractivity contribution in [1.82, 2.24) is 16.0 Å². The Morgan fingerprint density at radius 3 is 2.94 bits per heavy atom. The van der Waals surface area contributed by atoms with Crippen LogP contribution in [0.15, 0.2) is 0 Å². The average molecular weight is 245 g/mol. The van der Waals surface area contributed by atoms with Crippen molar-refractivity contribution in [3.05, 3.63) is 0 Å². The molecule has 0 saturated carbocycles. The standard InChI is InChI=1S/C11H23N3O3/c1-3-11(8-12-4-7-17-11)9-14-10(15)13-5-6-16-2/h12H,3-9H2,1-2H3,(H2,13,14,15). The Morgan fingerprint density at radius 1 is 1.53 bits per heavy atom. The SMILES string of the molecule is CCC1(CNC(=O)NCCOC)CNCCO1. The Balaban J connectivity index is 2.24. The summed E-state index contributed by atoms with van der Waals surface area (Å²) >= 11 is 0. The fourth-order valence-corrected chi connectivity index (χ4v) is 1.74. The zero-order valence-electron chi connectivity index (χ0n) is 10.7. The average Bonchev–Trinajstić information content (AvgIpc) is 2.38. The first-order chi connectivity index (χ1) is 8.22. The van der Waals surface area contributed by atoms with Gasteiger partial charge >= 0.3 is 6.03 Å². The van der Waals surface area contributed by atoms with E-state index in [2.05, 4.69) is 22.9 Å². The molecule has 17 heavy (non-hydrogen) atoms. The number of urea groups is 1. The second-order valence-electron chi connectivity index (χ2n) is 4.16.